The summed E-state index contributed by atoms with van der Waals surface area (Å²) in [5, 5.41) is 1.72. The molecule has 2 aromatic carbocycles. The Hall–Kier alpha value is -0.936. The van der Waals surface area contributed by atoms with E-state index in [1.165, 1.54) is 11.1 Å². The SMILES string of the molecule is CC1=Cc2ccccc2[CH]1[Ti][CH]1C(P(C)C)=Cc2ccccc21. The van der Waals surface area contributed by atoms with Crippen LogP contribution in [0.15, 0.2) is 59.4 Å². The summed E-state index contributed by atoms with van der Waals surface area (Å²) in [6, 6.07) is 18.1. The van der Waals surface area contributed by atoms with Gasteiger partial charge in [-0.05, 0) is 0 Å². The van der Waals surface area contributed by atoms with Gasteiger partial charge in [0.05, 0.1) is 0 Å². The van der Waals surface area contributed by atoms with Crippen LogP contribution in [0.2, 0.25) is 0 Å². The van der Waals surface area contributed by atoms with E-state index < -0.39 is 0 Å². The summed E-state index contributed by atoms with van der Waals surface area (Å²) in [6.45, 7) is 7.16. The minimum absolute atomic E-state index is 0.0161. The molecule has 23 heavy (non-hydrogen) atoms. The van der Waals surface area contributed by atoms with E-state index in [4.69, 9.17) is 0 Å². The van der Waals surface area contributed by atoms with E-state index in [0.29, 0.717) is 8.45 Å². The summed E-state index contributed by atoms with van der Waals surface area (Å²) >= 11 is -0.159. The van der Waals surface area contributed by atoms with Crippen LogP contribution in [-0.2, 0) is 19.2 Å². The Morgan fingerprint density at radius 3 is 2.00 bits per heavy atom. The number of hydrogen-bond acceptors (Lipinski definition) is 0. The van der Waals surface area contributed by atoms with E-state index >= 15 is 0 Å². The molecule has 2 atom stereocenters. The third-order valence-corrected chi connectivity index (χ3v) is 9.91. The monoisotopic (exact) mass is 352 g/mol. The molecule has 0 saturated carbocycles. The Morgan fingerprint density at radius 1 is 0.783 bits per heavy atom. The zero-order valence-electron chi connectivity index (χ0n) is 13.9. The van der Waals surface area contributed by atoms with E-state index in [0.717, 1.165) is 0 Å². The molecule has 0 aromatic heterocycles. The molecular weight excluding hydrogens is 331 g/mol. The maximum absolute atomic E-state index is 2.50. The summed E-state index contributed by atoms with van der Waals surface area (Å²) in [6.07, 6.45) is 4.91. The second kappa shape index (κ2) is 6.17. The van der Waals surface area contributed by atoms with Crippen molar-refractivity contribution in [3.8, 4) is 0 Å². The number of rotatable bonds is 3. The first kappa shape index (κ1) is 15.6. The molecule has 0 aliphatic heterocycles. The van der Waals surface area contributed by atoms with Crippen LogP contribution in [0, 0.1) is 0 Å². The van der Waals surface area contributed by atoms with Crippen molar-refractivity contribution in [1.82, 2.24) is 0 Å². The predicted octanol–water partition coefficient (Wildman–Crippen LogP) is 6.06. The molecule has 0 spiro atoms. The van der Waals surface area contributed by atoms with E-state index in [1.54, 1.807) is 22.0 Å². The normalized spacial score (nSPS) is 21.7. The van der Waals surface area contributed by atoms with Crippen LogP contribution in [-0.4, -0.2) is 13.3 Å². The van der Waals surface area contributed by atoms with Gasteiger partial charge in [-0.1, -0.05) is 0 Å². The molecule has 2 unspecified atom stereocenters. The van der Waals surface area contributed by atoms with Gasteiger partial charge in [0.15, 0.2) is 0 Å². The summed E-state index contributed by atoms with van der Waals surface area (Å²) in [4.78, 5) is 0. The van der Waals surface area contributed by atoms with Gasteiger partial charge in [-0.3, -0.25) is 0 Å². The van der Waals surface area contributed by atoms with Crippen LogP contribution in [0.4, 0.5) is 0 Å². The van der Waals surface area contributed by atoms with Crippen molar-refractivity contribution < 1.29 is 19.2 Å². The van der Waals surface area contributed by atoms with Crippen molar-refractivity contribution >= 4 is 20.1 Å². The molecule has 2 aliphatic carbocycles. The maximum atomic E-state index is 2.50. The average molecular weight is 352 g/mol. The molecule has 114 valence electrons. The molecule has 0 N–H and O–H groups in total. The molecule has 0 heterocycles. The van der Waals surface area contributed by atoms with Gasteiger partial charge in [0, 0.05) is 0 Å². The van der Waals surface area contributed by atoms with Crippen molar-refractivity contribution in [1.29, 1.82) is 0 Å². The Balaban J connectivity index is 1.71. The van der Waals surface area contributed by atoms with Gasteiger partial charge in [0.2, 0.25) is 0 Å². The summed E-state index contributed by atoms with van der Waals surface area (Å²) < 4.78 is 1.41. The van der Waals surface area contributed by atoms with Crippen molar-refractivity contribution in [2.75, 3.05) is 13.3 Å². The number of allylic oxidation sites excluding steroid dienone is 2. The van der Waals surface area contributed by atoms with E-state index in [-0.39, 0.29) is 27.1 Å². The predicted molar refractivity (Wildman–Crippen MR) is 98.8 cm³/mol. The van der Waals surface area contributed by atoms with E-state index in [9.17, 15) is 0 Å². The average Bonchev–Trinajstić information content (AvgIpc) is 3.07. The van der Waals surface area contributed by atoms with Crippen LogP contribution >= 0.6 is 7.92 Å². The first-order valence-electron chi connectivity index (χ1n) is 8.16. The fourth-order valence-electron chi connectivity index (χ4n) is 3.74. The van der Waals surface area contributed by atoms with Gasteiger partial charge in [-0.2, -0.15) is 0 Å². The first-order valence-corrected chi connectivity index (χ1v) is 12.2. The van der Waals surface area contributed by atoms with Crippen LogP contribution in [0.25, 0.3) is 12.2 Å². The van der Waals surface area contributed by atoms with Gasteiger partial charge in [-0.15, -0.1) is 0 Å². The summed E-state index contributed by atoms with van der Waals surface area (Å²) in [5.41, 5.74) is 7.67. The zero-order chi connectivity index (χ0) is 16.0. The van der Waals surface area contributed by atoms with Gasteiger partial charge in [-0.25, -0.2) is 0 Å². The van der Waals surface area contributed by atoms with Gasteiger partial charge < -0.3 is 0 Å². The van der Waals surface area contributed by atoms with Crippen LogP contribution < -0.4 is 0 Å². The molecule has 2 aromatic rings. The van der Waals surface area contributed by atoms with E-state index in [1.807, 2.05) is 0 Å². The second-order valence-corrected chi connectivity index (χ2v) is 11.3. The fourth-order valence-corrected chi connectivity index (χ4v) is 9.15. The van der Waals surface area contributed by atoms with Crippen LogP contribution in [0.3, 0.4) is 0 Å². The molecule has 0 saturated heterocycles. The number of fused-ring (bicyclic) bond motifs is 2. The topological polar surface area (TPSA) is 0 Å². The third kappa shape index (κ3) is 2.72. The molecular formula is C21H21PTi. The number of benzene rings is 2. The first-order chi connectivity index (χ1) is 11.1. The van der Waals surface area contributed by atoms with Crippen LogP contribution in [0.1, 0.15) is 37.6 Å². The molecule has 0 amide bonds. The quantitative estimate of drug-likeness (QED) is 0.465. The van der Waals surface area contributed by atoms with Gasteiger partial charge >= 0.3 is 150 Å². The van der Waals surface area contributed by atoms with Gasteiger partial charge in [0.1, 0.15) is 0 Å². The zero-order valence-corrected chi connectivity index (χ0v) is 16.3. The molecule has 0 nitrogen and oxygen atoms in total. The van der Waals surface area contributed by atoms with Crippen LogP contribution in [0.5, 0.6) is 0 Å². The van der Waals surface area contributed by atoms with Gasteiger partial charge in [0.25, 0.3) is 0 Å². The molecule has 2 aliphatic rings. The molecule has 4 rings (SSSR count). The summed E-state index contributed by atoms with van der Waals surface area (Å²) in [5.74, 6) is 0. The van der Waals surface area contributed by atoms with Crippen molar-refractivity contribution in [2.45, 2.75) is 15.4 Å². The Bertz CT molecular complexity index is 816. The molecule has 2 heteroatoms. The fraction of sp³-hybridized carbons (Fsp3) is 0.238. The minimum atomic E-state index is -0.159. The number of hydrogen-bond donors (Lipinski definition) is 0. The van der Waals surface area contributed by atoms with E-state index in [2.05, 4.69) is 80.9 Å². The molecule has 0 radical (unpaired) electrons. The Kier molecular flexibility index (Phi) is 4.18. The third-order valence-electron chi connectivity index (χ3n) is 4.90. The second-order valence-electron chi connectivity index (χ2n) is 6.64. The standard InChI is InChI=1S/C11H12P.C10H9.Ti/c1-12(2)11-7-9-5-3-4-6-10(9)8-11;1-8-6-9-4-2-3-5-10(9)7-8;/h3-8H,1-2H3;2-7H,1H3;. The summed E-state index contributed by atoms with van der Waals surface area (Å²) in [7, 11) is -0.0161. The Labute approximate surface area is 149 Å². The molecule has 0 fully saturated rings. The van der Waals surface area contributed by atoms with Crippen molar-refractivity contribution in [3.05, 3.63) is 81.7 Å². The molecule has 0 bridgehead atoms. The van der Waals surface area contributed by atoms with Crippen molar-refractivity contribution in [3.63, 3.8) is 0 Å². The van der Waals surface area contributed by atoms with Crippen molar-refractivity contribution in [2.24, 2.45) is 0 Å². The Morgan fingerprint density at radius 2 is 1.35 bits per heavy atom.